The third-order valence-corrected chi connectivity index (χ3v) is 1.82. The van der Waals surface area contributed by atoms with Gasteiger partial charge in [0, 0.05) is 4.47 Å². The first-order chi connectivity index (χ1) is 5.24. The fourth-order valence-electron chi connectivity index (χ4n) is 0.648. The van der Waals surface area contributed by atoms with Crippen LogP contribution in [0.25, 0.3) is 0 Å². The summed E-state index contributed by atoms with van der Waals surface area (Å²) in [4.78, 5) is 3.72. The van der Waals surface area contributed by atoms with Crippen molar-refractivity contribution >= 4 is 15.9 Å². The third-order valence-electron chi connectivity index (χ3n) is 1.13. The van der Waals surface area contributed by atoms with Crippen LogP contribution >= 0.6 is 15.9 Å². The van der Waals surface area contributed by atoms with Crippen molar-refractivity contribution in [2.45, 2.75) is 6.42 Å². The first kappa shape index (κ1) is 8.15. The Hall–Kier alpha value is -0.950. The molecule has 0 aromatic carbocycles. The highest BCUT2D eigenvalue weighted by molar-refractivity contribution is 9.10. The van der Waals surface area contributed by atoms with Crippen LogP contribution in [-0.4, -0.2) is 4.98 Å². The summed E-state index contributed by atoms with van der Waals surface area (Å²) < 4.78 is 13.0. The Morgan fingerprint density at radius 3 is 3.00 bits per heavy atom. The summed E-state index contributed by atoms with van der Waals surface area (Å²) in [6.07, 6.45) is 1.29. The molecule has 0 radical (unpaired) electrons. The minimum absolute atomic E-state index is 0.195. The summed E-state index contributed by atoms with van der Waals surface area (Å²) in [5.74, 6) is -0.404. The maximum Gasteiger partial charge on any atom is 0.142 e. The Bertz CT molecular complexity index is 306. The molecule has 0 spiro atoms. The number of nitriles is 1. The molecule has 56 valence electrons. The highest BCUT2D eigenvalue weighted by atomic mass is 79.9. The summed E-state index contributed by atoms with van der Waals surface area (Å²) in [7, 11) is 0. The van der Waals surface area contributed by atoms with Gasteiger partial charge >= 0.3 is 0 Å². The molecule has 0 aliphatic carbocycles. The van der Waals surface area contributed by atoms with Crippen LogP contribution in [0.15, 0.2) is 16.7 Å². The standard InChI is InChI=1S/C7H4BrFN2/c8-6-3-5(9)4-11-7(6)1-2-10/h3-4H,1H2. The molecule has 11 heavy (non-hydrogen) atoms. The lowest BCUT2D eigenvalue weighted by Gasteiger charge is -1.96. The van der Waals surface area contributed by atoms with Gasteiger partial charge in [0.1, 0.15) is 5.82 Å². The lowest BCUT2D eigenvalue weighted by molar-refractivity contribution is 0.618. The highest BCUT2D eigenvalue weighted by Gasteiger charge is 2.01. The Kier molecular flexibility index (Phi) is 2.55. The van der Waals surface area contributed by atoms with Gasteiger partial charge in [-0.3, -0.25) is 4.98 Å². The maximum absolute atomic E-state index is 12.4. The maximum atomic E-state index is 12.4. The molecule has 2 nitrogen and oxygen atoms in total. The Morgan fingerprint density at radius 2 is 2.45 bits per heavy atom. The van der Waals surface area contributed by atoms with E-state index in [1.807, 2.05) is 6.07 Å². The van der Waals surface area contributed by atoms with Crippen molar-refractivity contribution in [2.24, 2.45) is 0 Å². The van der Waals surface area contributed by atoms with Crippen LogP contribution < -0.4 is 0 Å². The Labute approximate surface area is 71.8 Å². The topological polar surface area (TPSA) is 36.7 Å². The van der Waals surface area contributed by atoms with Gasteiger partial charge in [-0.05, 0) is 22.0 Å². The first-order valence-corrected chi connectivity index (χ1v) is 3.70. The van der Waals surface area contributed by atoms with Crippen LogP contribution in [0.4, 0.5) is 4.39 Å². The van der Waals surface area contributed by atoms with Gasteiger partial charge in [-0.1, -0.05) is 0 Å². The zero-order chi connectivity index (χ0) is 8.27. The van der Waals surface area contributed by atoms with E-state index in [1.165, 1.54) is 6.07 Å². The van der Waals surface area contributed by atoms with Crippen LogP contribution in [-0.2, 0) is 6.42 Å². The van der Waals surface area contributed by atoms with E-state index in [-0.39, 0.29) is 6.42 Å². The normalized spacial score (nSPS) is 9.18. The number of rotatable bonds is 1. The summed E-state index contributed by atoms with van der Waals surface area (Å²) in [6.45, 7) is 0. The van der Waals surface area contributed by atoms with Gasteiger partial charge in [-0.15, -0.1) is 0 Å². The molecule has 0 atom stereocenters. The van der Waals surface area contributed by atoms with Crippen LogP contribution in [0.3, 0.4) is 0 Å². The lowest BCUT2D eigenvalue weighted by Crippen LogP contribution is -1.90. The summed E-state index contributed by atoms with van der Waals surface area (Å²) in [6, 6.07) is 3.22. The molecule has 0 saturated heterocycles. The van der Waals surface area contributed by atoms with Gasteiger partial charge in [-0.25, -0.2) is 4.39 Å². The second-order valence-electron chi connectivity index (χ2n) is 1.92. The van der Waals surface area contributed by atoms with Crippen LogP contribution in [0, 0.1) is 17.1 Å². The molecule has 0 aliphatic rings. The van der Waals surface area contributed by atoms with E-state index >= 15 is 0 Å². The van der Waals surface area contributed by atoms with E-state index in [4.69, 9.17) is 5.26 Å². The van der Waals surface area contributed by atoms with E-state index in [0.29, 0.717) is 10.2 Å². The number of pyridine rings is 1. The average molecular weight is 215 g/mol. The first-order valence-electron chi connectivity index (χ1n) is 2.91. The van der Waals surface area contributed by atoms with Gasteiger partial charge in [0.2, 0.25) is 0 Å². The van der Waals surface area contributed by atoms with Crippen LogP contribution in [0.1, 0.15) is 5.69 Å². The Morgan fingerprint density at radius 1 is 1.73 bits per heavy atom. The second-order valence-corrected chi connectivity index (χ2v) is 2.77. The predicted molar refractivity (Wildman–Crippen MR) is 41.2 cm³/mol. The third kappa shape index (κ3) is 1.99. The van der Waals surface area contributed by atoms with Gasteiger partial charge in [0.15, 0.2) is 0 Å². The van der Waals surface area contributed by atoms with Crippen molar-refractivity contribution in [3.63, 3.8) is 0 Å². The molecule has 4 heteroatoms. The van der Waals surface area contributed by atoms with Crippen LogP contribution in [0.2, 0.25) is 0 Å². The minimum Gasteiger partial charge on any atom is -0.256 e. The van der Waals surface area contributed by atoms with E-state index < -0.39 is 5.82 Å². The summed E-state index contributed by atoms with van der Waals surface area (Å²) in [5, 5.41) is 8.31. The molecule has 0 amide bonds. The van der Waals surface area contributed by atoms with E-state index in [1.54, 1.807) is 0 Å². The monoisotopic (exact) mass is 214 g/mol. The van der Waals surface area contributed by atoms with E-state index in [2.05, 4.69) is 20.9 Å². The molecule has 1 rings (SSSR count). The molecule has 0 aliphatic heterocycles. The molecular formula is C7H4BrFN2. The SMILES string of the molecule is N#CCc1ncc(F)cc1Br. The Balaban J connectivity index is 3.01. The molecule has 0 saturated carbocycles. The van der Waals surface area contributed by atoms with Crippen molar-refractivity contribution < 1.29 is 4.39 Å². The van der Waals surface area contributed by atoms with Crippen molar-refractivity contribution in [3.05, 3.63) is 28.2 Å². The number of aromatic nitrogens is 1. The molecule has 1 aromatic rings. The van der Waals surface area contributed by atoms with Crippen LogP contribution in [0.5, 0.6) is 0 Å². The number of nitrogens with zero attached hydrogens (tertiary/aromatic N) is 2. The van der Waals surface area contributed by atoms with Gasteiger partial charge < -0.3 is 0 Å². The van der Waals surface area contributed by atoms with Crippen molar-refractivity contribution in [1.82, 2.24) is 4.98 Å². The minimum atomic E-state index is -0.404. The molecule has 1 heterocycles. The molecule has 1 aromatic heterocycles. The lowest BCUT2D eigenvalue weighted by atomic mass is 10.3. The van der Waals surface area contributed by atoms with E-state index in [9.17, 15) is 4.39 Å². The second kappa shape index (κ2) is 3.44. The fourth-order valence-corrected chi connectivity index (χ4v) is 1.11. The van der Waals surface area contributed by atoms with Crippen molar-refractivity contribution in [2.75, 3.05) is 0 Å². The smallest absolute Gasteiger partial charge is 0.142 e. The van der Waals surface area contributed by atoms with E-state index in [0.717, 1.165) is 6.20 Å². The zero-order valence-electron chi connectivity index (χ0n) is 5.51. The highest BCUT2D eigenvalue weighted by Crippen LogP contribution is 2.15. The van der Waals surface area contributed by atoms with Gasteiger partial charge in [-0.2, -0.15) is 5.26 Å². The van der Waals surface area contributed by atoms with Gasteiger partial charge in [0.25, 0.3) is 0 Å². The molecule has 0 fully saturated rings. The molecule has 0 N–H and O–H groups in total. The quantitative estimate of drug-likeness (QED) is 0.718. The molecule has 0 bridgehead atoms. The summed E-state index contributed by atoms with van der Waals surface area (Å²) in [5.41, 5.74) is 0.564. The number of halogens is 2. The van der Waals surface area contributed by atoms with Crippen molar-refractivity contribution in [1.29, 1.82) is 5.26 Å². The molecular weight excluding hydrogens is 211 g/mol. The number of hydrogen-bond donors (Lipinski definition) is 0. The van der Waals surface area contributed by atoms with Gasteiger partial charge in [0.05, 0.1) is 24.4 Å². The molecule has 0 unspecified atom stereocenters. The average Bonchev–Trinajstić information content (AvgIpc) is 1.95. The predicted octanol–water partition coefficient (Wildman–Crippen LogP) is 2.05. The van der Waals surface area contributed by atoms with Crippen molar-refractivity contribution in [3.8, 4) is 6.07 Å². The number of hydrogen-bond acceptors (Lipinski definition) is 2. The summed E-state index contributed by atoms with van der Waals surface area (Å²) >= 11 is 3.09. The fraction of sp³-hybridized carbons (Fsp3) is 0.143. The zero-order valence-corrected chi connectivity index (χ0v) is 7.10. The largest absolute Gasteiger partial charge is 0.256 e.